The number of carbonyl (C=O) groups excluding carboxylic acids is 4. The highest BCUT2D eigenvalue weighted by atomic mass is 31.2. The van der Waals surface area contributed by atoms with Crippen molar-refractivity contribution in [2.45, 2.75) is 367 Å². The van der Waals surface area contributed by atoms with Crippen LogP contribution in [-0.2, 0) is 65.4 Å². The Bertz CT molecular complexity index is 1980. The van der Waals surface area contributed by atoms with Crippen LogP contribution in [-0.4, -0.2) is 96.7 Å². The van der Waals surface area contributed by atoms with Gasteiger partial charge in [0.1, 0.15) is 19.3 Å². The number of rotatable bonds is 72. The first-order valence-electron chi connectivity index (χ1n) is 37.9. The van der Waals surface area contributed by atoms with Gasteiger partial charge >= 0.3 is 39.5 Å². The van der Waals surface area contributed by atoms with Crippen molar-refractivity contribution in [2.24, 2.45) is 0 Å². The number of aliphatic hydroxyl groups is 1. The van der Waals surface area contributed by atoms with Gasteiger partial charge in [-0.15, -0.1) is 0 Å². The average Bonchev–Trinajstić information content (AvgIpc) is 2.22. The van der Waals surface area contributed by atoms with E-state index in [4.69, 9.17) is 37.0 Å². The molecule has 5 atom stereocenters. The smallest absolute Gasteiger partial charge is 0.462 e. The van der Waals surface area contributed by atoms with E-state index in [1.165, 1.54) is 122 Å². The first kappa shape index (κ1) is 91.0. The molecule has 94 heavy (non-hydrogen) atoms. The van der Waals surface area contributed by atoms with Crippen LogP contribution >= 0.6 is 15.6 Å². The number of phosphoric acid groups is 2. The summed E-state index contributed by atoms with van der Waals surface area (Å²) < 4.78 is 68.4. The Morgan fingerprint density at radius 3 is 0.851 bits per heavy atom. The number of phosphoric ester groups is 2. The van der Waals surface area contributed by atoms with E-state index in [-0.39, 0.29) is 25.7 Å². The monoisotopic (exact) mass is 1370 g/mol. The van der Waals surface area contributed by atoms with Crippen molar-refractivity contribution >= 4 is 39.5 Å². The molecular weight excluding hydrogens is 1230 g/mol. The zero-order valence-corrected chi connectivity index (χ0v) is 61.7. The van der Waals surface area contributed by atoms with Gasteiger partial charge in [0.05, 0.1) is 26.4 Å². The lowest BCUT2D eigenvalue weighted by atomic mass is 10.0. The lowest BCUT2D eigenvalue weighted by molar-refractivity contribution is -0.161. The van der Waals surface area contributed by atoms with Crippen molar-refractivity contribution < 1.29 is 80.2 Å². The van der Waals surface area contributed by atoms with Crippen LogP contribution < -0.4 is 0 Å². The maximum absolute atomic E-state index is 13.0. The van der Waals surface area contributed by atoms with Crippen molar-refractivity contribution in [1.29, 1.82) is 0 Å². The fourth-order valence-electron chi connectivity index (χ4n) is 10.4. The SMILES string of the molecule is CCCC/C=C\CCCCCCCC(=O)OC(COC(=O)CCCCCCC/C=C\CCCCCCCC)COP(=O)(O)OCC(O)COP(=O)(O)OCC(COC(=O)CCCCCCC/C=C\C/C=C\CCCCC)OC(=O)CCCCCCCCCCCCCCC. The molecule has 0 spiro atoms. The van der Waals surface area contributed by atoms with Crippen LogP contribution in [0, 0.1) is 0 Å². The molecule has 0 saturated carbocycles. The van der Waals surface area contributed by atoms with Crippen molar-refractivity contribution in [3.05, 3.63) is 48.6 Å². The fraction of sp³-hybridized carbons (Fsp3) is 0.840. The summed E-state index contributed by atoms with van der Waals surface area (Å²) in [5.74, 6) is -2.18. The molecule has 5 unspecified atom stereocenters. The summed E-state index contributed by atoms with van der Waals surface area (Å²) in [5, 5.41) is 10.6. The van der Waals surface area contributed by atoms with Crippen LogP contribution in [0.4, 0.5) is 0 Å². The van der Waals surface area contributed by atoms with Gasteiger partial charge in [-0.1, -0.05) is 269 Å². The number of hydrogen-bond acceptors (Lipinski definition) is 15. The van der Waals surface area contributed by atoms with Crippen molar-refractivity contribution in [3.63, 3.8) is 0 Å². The van der Waals surface area contributed by atoms with Crippen LogP contribution in [0.1, 0.15) is 349 Å². The first-order chi connectivity index (χ1) is 45.7. The molecule has 0 heterocycles. The van der Waals surface area contributed by atoms with E-state index in [1.807, 2.05) is 0 Å². The van der Waals surface area contributed by atoms with E-state index in [0.29, 0.717) is 25.7 Å². The molecule has 0 rings (SSSR count). The van der Waals surface area contributed by atoms with Crippen LogP contribution in [0.25, 0.3) is 0 Å². The Balaban J connectivity index is 5.30. The Hall–Kier alpha value is -2.98. The van der Waals surface area contributed by atoms with Crippen molar-refractivity contribution in [1.82, 2.24) is 0 Å². The fourth-order valence-corrected chi connectivity index (χ4v) is 12.0. The van der Waals surface area contributed by atoms with E-state index >= 15 is 0 Å². The van der Waals surface area contributed by atoms with Crippen LogP contribution in [0.15, 0.2) is 48.6 Å². The van der Waals surface area contributed by atoms with Crippen LogP contribution in [0.2, 0.25) is 0 Å². The molecular formula is C75H138O17P2. The second-order valence-corrected chi connectivity index (χ2v) is 28.5. The standard InChI is InChI=1S/C75H138O17P2/c1-5-9-13-17-21-25-29-32-34-37-40-43-47-51-55-59-72(77)85-65-70(91-74(79)61-57-53-49-45-39-28-24-20-16-12-8-4)67-89-93(81,82)87-63-69(76)64-88-94(83,84)90-68-71(92-75(80)62-58-54-50-46-42-36-31-27-23-19-15-11-7-3)66-86-73(78)60-56-52-48-44-41-38-35-33-30-26-22-18-14-10-6-2/h20,22,24,26,32-35,69-71,76H,5-19,21,23,25,27-31,36-68H2,1-4H3,(H,81,82)(H,83,84)/b24-20-,26-22-,34-32-,35-33-. The average molecular weight is 1370 g/mol. The van der Waals surface area contributed by atoms with E-state index in [1.54, 1.807) is 0 Å². The van der Waals surface area contributed by atoms with Crippen molar-refractivity contribution in [2.75, 3.05) is 39.6 Å². The van der Waals surface area contributed by atoms with Gasteiger partial charge in [-0.3, -0.25) is 37.3 Å². The third-order valence-corrected chi connectivity index (χ3v) is 18.2. The third kappa shape index (κ3) is 67.6. The number of aliphatic hydroxyl groups excluding tert-OH is 1. The molecule has 19 heteroatoms. The van der Waals surface area contributed by atoms with E-state index in [2.05, 4.69) is 76.3 Å². The van der Waals surface area contributed by atoms with Gasteiger partial charge < -0.3 is 33.8 Å². The Morgan fingerprint density at radius 1 is 0.298 bits per heavy atom. The van der Waals surface area contributed by atoms with Gasteiger partial charge in [-0.25, -0.2) is 9.13 Å². The highest BCUT2D eigenvalue weighted by molar-refractivity contribution is 7.47. The normalized spacial score (nSPS) is 14.2. The lowest BCUT2D eigenvalue weighted by Gasteiger charge is -2.21. The van der Waals surface area contributed by atoms with E-state index < -0.39 is 97.5 Å². The van der Waals surface area contributed by atoms with Gasteiger partial charge in [0.15, 0.2) is 12.2 Å². The molecule has 550 valence electrons. The van der Waals surface area contributed by atoms with Crippen molar-refractivity contribution in [3.8, 4) is 0 Å². The quantitative estimate of drug-likeness (QED) is 0.0169. The molecule has 0 bridgehead atoms. The minimum absolute atomic E-state index is 0.0875. The molecule has 0 aliphatic rings. The van der Waals surface area contributed by atoms with Gasteiger partial charge in [0.2, 0.25) is 0 Å². The predicted octanol–water partition coefficient (Wildman–Crippen LogP) is 21.3. The Kier molecular flexibility index (Phi) is 66.4. The third-order valence-electron chi connectivity index (χ3n) is 16.3. The van der Waals surface area contributed by atoms with Gasteiger partial charge in [0.25, 0.3) is 0 Å². The summed E-state index contributed by atoms with van der Waals surface area (Å²) in [6.07, 6.45) is 63.9. The zero-order chi connectivity index (χ0) is 69.0. The second-order valence-electron chi connectivity index (χ2n) is 25.6. The molecule has 17 nitrogen and oxygen atoms in total. The number of unbranched alkanes of at least 4 members (excludes halogenated alkanes) is 38. The number of allylic oxidation sites excluding steroid dienone is 8. The summed E-state index contributed by atoms with van der Waals surface area (Å²) >= 11 is 0. The minimum atomic E-state index is -4.97. The molecule has 0 aliphatic heterocycles. The van der Waals surface area contributed by atoms with E-state index in [9.17, 15) is 43.2 Å². The van der Waals surface area contributed by atoms with Gasteiger partial charge in [-0.05, 0) is 103 Å². The Labute approximate surface area is 572 Å². The summed E-state index contributed by atoms with van der Waals surface area (Å²) in [4.78, 5) is 72.7. The summed E-state index contributed by atoms with van der Waals surface area (Å²) in [7, 11) is -9.93. The largest absolute Gasteiger partial charge is 0.472 e. The van der Waals surface area contributed by atoms with E-state index in [0.717, 1.165) is 148 Å². The van der Waals surface area contributed by atoms with Gasteiger partial charge in [0, 0.05) is 25.7 Å². The topological polar surface area (TPSA) is 237 Å². The highest BCUT2D eigenvalue weighted by Crippen LogP contribution is 2.45. The second kappa shape index (κ2) is 68.5. The molecule has 0 amide bonds. The first-order valence-corrected chi connectivity index (χ1v) is 40.9. The predicted molar refractivity (Wildman–Crippen MR) is 381 cm³/mol. The molecule has 0 saturated heterocycles. The molecule has 0 aromatic carbocycles. The highest BCUT2D eigenvalue weighted by Gasteiger charge is 2.30. The molecule has 0 fully saturated rings. The van der Waals surface area contributed by atoms with Gasteiger partial charge in [-0.2, -0.15) is 0 Å². The molecule has 0 aromatic heterocycles. The molecule has 3 N–H and O–H groups in total. The molecule has 0 aliphatic carbocycles. The maximum atomic E-state index is 13.0. The number of carbonyl (C=O) groups is 4. The van der Waals surface area contributed by atoms with Crippen LogP contribution in [0.3, 0.4) is 0 Å². The minimum Gasteiger partial charge on any atom is -0.462 e. The number of hydrogen-bond donors (Lipinski definition) is 3. The molecule has 0 aromatic rings. The Morgan fingerprint density at radius 2 is 0.532 bits per heavy atom. The lowest BCUT2D eigenvalue weighted by Crippen LogP contribution is -2.30. The number of esters is 4. The number of ether oxygens (including phenoxy) is 4. The summed E-state index contributed by atoms with van der Waals surface area (Å²) in [6, 6.07) is 0. The summed E-state index contributed by atoms with van der Waals surface area (Å²) in [6.45, 7) is 4.82. The van der Waals surface area contributed by atoms with Crippen LogP contribution in [0.5, 0.6) is 0 Å². The summed E-state index contributed by atoms with van der Waals surface area (Å²) in [5.41, 5.74) is 0. The zero-order valence-electron chi connectivity index (χ0n) is 59.9. The molecule has 0 radical (unpaired) electrons. The maximum Gasteiger partial charge on any atom is 0.472 e.